The van der Waals surface area contributed by atoms with Crippen molar-refractivity contribution >= 4 is 33.5 Å². The maximum atomic E-state index is 10.7. The van der Waals surface area contributed by atoms with Crippen LogP contribution in [0.3, 0.4) is 0 Å². The lowest BCUT2D eigenvalue weighted by atomic mass is 10.3. The Balaban J connectivity index is 2.50. The summed E-state index contributed by atoms with van der Waals surface area (Å²) in [5.74, 6) is -1.01. The number of carbonyl (C=O) groups is 1. The molecule has 4 nitrogen and oxygen atoms in total. The van der Waals surface area contributed by atoms with Crippen LogP contribution >= 0.6 is 27.5 Å². The molecule has 0 spiro atoms. The first-order valence-corrected chi connectivity index (χ1v) is 5.49. The van der Waals surface area contributed by atoms with Gasteiger partial charge in [-0.2, -0.15) is 5.10 Å². The Morgan fingerprint density at radius 1 is 1.50 bits per heavy atom. The molecule has 0 atom stereocenters. The predicted molar refractivity (Wildman–Crippen MR) is 63.2 cm³/mol. The monoisotopic (exact) mass is 300 g/mol. The topological polar surface area (TPSA) is 55.1 Å². The third-order valence-corrected chi connectivity index (χ3v) is 3.38. The van der Waals surface area contributed by atoms with Crippen LogP contribution in [0.25, 0.3) is 5.69 Å². The average molecular weight is 302 g/mol. The van der Waals surface area contributed by atoms with Crippen LogP contribution in [0.5, 0.6) is 0 Å². The molecule has 0 bridgehead atoms. The van der Waals surface area contributed by atoms with Gasteiger partial charge in [-0.05, 0) is 28.1 Å². The van der Waals surface area contributed by atoms with Crippen molar-refractivity contribution in [1.29, 1.82) is 0 Å². The van der Waals surface area contributed by atoms with Crippen LogP contribution in [0.2, 0.25) is 5.02 Å². The minimum atomic E-state index is -1.01. The zero-order valence-electron chi connectivity index (χ0n) is 7.89. The maximum absolute atomic E-state index is 10.7. The zero-order chi connectivity index (χ0) is 11.7. The molecule has 1 N–H and O–H groups in total. The summed E-state index contributed by atoms with van der Waals surface area (Å²) in [5, 5.41) is 13.3. The van der Waals surface area contributed by atoms with Crippen molar-refractivity contribution < 1.29 is 9.90 Å². The van der Waals surface area contributed by atoms with Crippen molar-refractivity contribution in [2.45, 2.75) is 0 Å². The van der Waals surface area contributed by atoms with Crippen LogP contribution in [0.1, 0.15) is 10.4 Å². The molecule has 16 heavy (non-hydrogen) atoms. The van der Waals surface area contributed by atoms with Gasteiger partial charge >= 0.3 is 5.97 Å². The van der Waals surface area contributed by atoms with E-state index in [2.05, 4.69) is 21.0 Å². The van der Waals surface area contributed by atoms with E-state index in [4.69, 9.17) is 16.7 Å². The van der Waals surface area contributed by atoms with Crippen LogP contribution in [0, 0.1) is 0 Å². The standard InChI is InChI=1S/C10H6BrClN2O2/c11-9-7(12)2-1-3-8(9)14-5-6(4-13-14)10(15)16/h1-5H,(H,15,16). The highest BCUT2D eigenvalue weighted by Gasteiger charge is 2.10. The molecule has 2 aromatic rings. The number of hydrogen-bond donors (Lipinski definition) is 1. The fraction of sp³-hybridized carbons (Fsp3) is 0. The summed E-state index contributed by atoms with van der Waals surface area (Å²) in [4.78, 5) is 10.7. The molecule has 0 aliphatic heterocycles. The van der Waals surface area contributed by atoms with E-state index in [1.165, 1.54) is 17.1 Å². The van der Waals surface area contributed by atoms with Crippen LogP contribution in [-0.2, 0) is 0 Å². The molecular formula is C10H6BrClN2O2. The van der Waals surface area contributed by atoms with Crippen molar-refractivity contribution in [3.05, 3.63) is 45.7 Å². The number of hydrogen-bond acceptors (Lipinski definition) is 2. The number of carboxylic acids is 1. The molecule has 0 saturated heterocycles. The summed E-state index contributed by atoms with van der Waals surface area (Å²) in [6.07, 6.45) is 2.72. The van der Waals surface area contributed by atoms with Crippen molar-refractivity contribution in [1.82, 2.24) is 9.78 Å². The highest BCUT2D eigenvalue weighted by Crippen LogP contribution is 2.28. The second-order valence-electron chi connectivity index (χ2n) is 3.05. The minimum absolute atomic E-state index is 0.131. The van der Waals surface area contributed by atoms with Crippen LogP contribution in [-0.4, -0.2) is 20.9 Å². The summed E-state index contributed by atoms with van der Waals surface area (Å²) in [6, 6.07) is 5.29. The molecular weight excluding hydrogens is 295 g/mol. The van der Waals surface area contributed by atoms with Crippen LogP contribution in [0.15, 0.2) is 35.1 Å². The van der Waals surface area contributed by atoms with E-state index in [1.54, 1.807) is 18.2 Å². The van der Waals surface area contributed by atoms with E-state index in [-0.39, 0.29) is 5.56 Å². The lowest BCUT2D eigenvalue weighted by Crippen LogP contribution is -1.96. The van der Waals surface area contributed by atoms with E-state index in [0.29, 0.717) is 15.2 Å². The van der Waals surface area contributed by atoms with E-state index < -0.39 is 5.97 Å². The van der Waals surface area contributed by atoms with Crippen molar-refractivity contribution in [3.63, 3.8) is 0 Å². The van der Waals surface area contributed by atoms with Gasteiger partial charge in [0, 0.05) is 6.20 Å². The Hall–Kier alpha value is -1.33. The highest BCUT2D eigenvalue weighted by atomic mass is 79.9. The number of benzene rings is 1. The lowest BCUT2D eigenvalue weighted by molar-refractivity contribution is 0.0697. The molecule has 0 aliphatic carbocycles. The van der Waals surface area contributed by atoms with Gasteiger partial charge < -0.3 is 5.11 Å². The smallest absolute Gasteiger partial charge is 0.338 e. The summed E-state index contributed by atoms with van der Waals surface area (Å²) >= 11 is 9.25. The van der Waals surface area contributed by atoms with Crippen LogP contribution < -0.4 is 0 Å². The van der Waals surface area contributed by atoms with E-state index in [1.807, 2.05) is 0 Å². The number of aromatic nitrogens is 2. The molecule has 1 aromatic carbocycles. The van der Waals surface area contributed by atoms with E-state index in [0.717, 1.165) is 0 Å². The molecule has 0 fully saturated rings. The largest absolute Gasteiger partial charge is 0.478 e. The van der Waals surface area contributed by atoms with Crippen molar-refractivity contribution in [2.24, 2.45) is 0 Å². The van der Waals surface area contributed by atoms with Gasteiger partial charge in [-0.1, -0.05) is 17.7 Å². The first-order valence-electron chi connectivity index (χ1n) is 4.32. The van der Waals surface area contributed by atoms with E-state index in [9.17, 15) is 4.79 Å². The summed E-state index contributed by atoms with van der Waals surface area (Å²) in [7, 11) is 0. The normalized spacial score (nSPS) is 10.4. The van der Waals surface area contributed by atoms with Crippen molar-refractivity contribution in [3.8, 4) is 5.69 Å². The number of halogens is 2. The van der Waals surface area contributed by atoms with Crippen LogP contribution in [0.4, 0.5) is 0 Å². The Morgan fingerprint density at radius 2 is 2.25 bits per heavy atom. The molecule has 1 aromatic heterocycles. The number of carboxylic acid groups (broad SMARTS) is 1. The van der Waals surface area contributed by atoms with Gasteiger partial charge in [-0.15, -0.1) is 0 Å². The Labute approximate surface area is 105 Å². The fourth-order valence-corrected chi connectivity index (χ4v) is 1.85. The summed E-state index contributed by atoms with van der Waals surface area (Å²) < 4.78 is 2.14. The second kappa shape index (κ2) is 4.27. The zero-order valence-corrected chi connectivity index (χ0v) is 10.2. The Bertz CT molecular complexity index is 554. The quantitative estimate of drug-likeness (QED) is 0.927. The third kappa shape index (κ3) is 1.96. The lowest BCUT2D eigenvalue weighted by Gasteiger charge is -2.04. The van der Waals surface area contributed by atoms with Gasteiger partial charge in [0.05, 0.1) is 26.9 Å². The molecule has 0 unspecified atom stereocenters. The molecule has 82 valence electrons. The van der Waals surface area contributed by atoms with Crippen molar-refractivity contribution in [2.75, 3.05) is 0 Å². The highest BCUT2D eigenvalue weighted by molar-refractivity contribution is 9.10. The van der Waals surface area contributed by atoms with Gasteiger partial charge in [0.1, 0.15) is 0 Å². The minimum Gasteiger partial charge on any atom is -0.478 e. The average Bonchev–Trinajstić information content (AvgIpc) is 2.71. The molecule has 1 heterocycles. The van der Waals surface area contributed by atoms with Gasteiger partial charge in [0.25, 0.3) is 0 Å². The molecule has 2 rings (SSSR count). The molecule has 0 aliphatic rings. The van der Waals surface area contributed by atoms with E-state index >= 15 is 0 Å². The first-order chi connectivity index (χ1) is 7.59. The molecule has 0 amide bonds. The molecule has 0 radical (unpaired) electrons. The Morgan fingerprint density at radius 3 is 2.88 bits per heavy atom. The number of nitrogens with zero attached hydrogens (tertiary/aromatic N) is 2. The summed E-state index contributed by atoms with van der Waals surface area (Å²) in [6.45, 7) is 0. The van der Waals surface area contributed by atoms with Gasteiger partial charge in [0.2, 0.25) is 0 Å². The second-order valence-corrected chi connectivity index (χ2v) is 4.25. The predicted octanol–water partition coefficient (Wildman–Crippen LogP) is 2.99. The molecule has 0 saturated carbocycles. The SMILES string of the molecule is O=C(O)c1cnn(-c2cccc(Cl)c2Br)c1. The van der Waals surface area contributed by atoms with Gasteiger partial charge in [-0.25, -0.2) is 9.48 Å². The third-order valence-electron chi connectivity index (χ3n) is 2.01. The van der Waals surface area contributed by atoms with Gasteiger partial charge in [0.15, 0.2) is 0 Å². The maximum Gasteiger partial charge on any atom is 0.338 e. The molecule has 6 heteroatoms. The summed E-state index contributed by atoms with van der Waals surface area (Å²) in [5.41, 5.74) is 0.826. The number of rotatable bonds is 2. The Kier molecular flexibility index (Phi) is 2.98. The first kappa shape index (κ1) is 11.2. The van der Waals surface area contributed by atoms with Gasteiger partial charge in [-0.3, -0.25) is 0 Å². The number of aromatic carboxylic acids is 1. The fourth-order valence-electron chi connectivity index (χ4n) is 1.23.